The Morgan fingerprint density at radius 2 is 1.57 bits per heavy atom. The molecule has 0 aliphatic carbocycles. The van der Waals surface area contributed by atoms with Gasteiger partial charge in [-0.15, -0.1) is 0 Å². The van der Waals surface area contributed by atoms with Crippen molar-refractivity contribution in [3.63, 3.8) is 0 Å². The third-order valence-electron chi connectivity index (χ3n) is 2.91. The first kappa shape index (κ1) is 14.5. The summed E-state index contributed by atoms with van der Waals surface area (Å²) < 4.78 is 0. The number of aryl methyl sites for hydroxylation is 2. The van der Waals surface area contributed by atoms with E-state index in [1.54, 1.807) is 31.2 Å². The highest BCUT2D eigenvalue weighted by Crippen LogP contribution is 2.14. The number of phenolic OH excluding ortho intramolecular Hbond substituents is 1. The zero-order chi connectivity index (χ0) is 15.4. The van der Waals surface area contributed by atoms with Gasteiger partial charge in [0.05, 0.1) is 16.8 Å². The Morgan fingerprint density at radius 1 is 0.952 bits per heavy atom. The van der Waals surface area contributed by atoms with Gasteiger partial charge in [0.25, 0.3) is 11.8 Å². The maximum absolute atomic E-state index is 12.0. The first-order valence-electron chi connectivity index (χ1n) is 6.32. The van der Waals surface area contributed by atoms with Crippen molar-refractivity contribution in [2.24, 2.45) is 0 Å². The number of hydrazine groups is 1. The normalized spacial score (nSPS) is 10.0. The fourth-order valence-electron chi connectivity index (χ4n) is 1.84. The number of aromatic nitrogens is 1. The Kier molecular flexibility index (Phi) is 4.18. The minimum Gasteiger partial charge on any atom is -0.507 e. The van der Waals surface area contributed by atoms with E-state index in [9.17, 15) is 14.7 Å². The molecule has 1 heterocycles. The Hall–Kier alpha value is -2.89. The number of rotatable bonds is 2. The van der Waals surface area contributed by atoms with E-state index in [-0.39, 0.29) is 11.3 Å². The Bertz CT molecular complexity index is 698. The van der Waals surface area contributed by atoms with Crippen molar-refractivity contribution in [1.82, 2.24) is 15.8 Å². The van der Waals surface area contributed by atoms with Gasteiger partial charge < -0.3 is 5.11 Å². The topological polar surface area (TPSA) is 91.3 Å². The van der Waals surface area contributed by atoms with E-state index in [1.807, 2.05) is 6.92 Å². The lowest BCUT2D eigenvalue weighted by atomic mass is 10.2. The van der Waals surface area contributed by atoms with Gasteiger partial charge in [-0.3, -0.25) is 25.4 Å². The number of pyridine rings is 1. The van der Waals surface area contributed by atoms with E-state index < -0.39 is 11.8 Å². The summed E-state index contributed by atoms with van der Waals surface area (Å²) >= 11 is 0. The molecule has 0 unspecified atom stereocenters. The SMILES string of the molecule is Cc1ccc(C(=O)NNC(=O)c2ccccc2O)c(C)n1. The molecule has 0 fully saturated rings. The minimum atomic E-state index is -0.598. The first-order chi connectivity index (χ1) is 9.99. The van der Waals surface area contributed by atoms with Gasteiger partial charge in [-0.25, -0.2) is 0 Å². The van der Waals surface area contributed by atoms with Gasteiger partial charge in [-0.2, -0.15) is 0 Å². The largest absolute Gasteiger partial charge is 0.507 e. The lowest BCUT2D eigenvalue weighted by molar-refractivity contribution is 0.0844. The van der Waals surface area contributed by atoms with Crippen LogP contribution in [0.15, 0.2) is 36.4 Å². The molecule has 108 valence electrons. The van der Waals surface area contributed by atoms with Gasteiger partial charge in [0.2, 0.25) is 0 Å². The lowest BCUT2D eigenvalue weighted by Crippen LogP contribution is -2.42. The number of aromatic hydroxyl groups is 1. The molecule has 0 saturated heterocycles. The molecule has 0 atom stereocenters. The second-order valence-corrected chi connectivity index (χ2v) is 4.51. The molecular weight excluding hydrogens is 270 g/mol. The maximum atomic E-state index is 12.0. The maximum Gasteiger partial charge on any atom is 0.273 e. The van der Waals surface area contributed by atoms with Crippen molar-refractivity contribution in [1.29, 1.82) is 0 Å². The second kappa shape index (κ2) is 6.04. The van der Waals surface area contributed by atoms with E-state index in [2.05, 4.69) is 15.8 Å². The first-order valence-corrected chi connectivity index (χ1v) is 6.32. The number of benzene rings is 1. The number of para-hydroxylation sites is 1. The summed E-state index contributed by atoms with van der Waals surface area (Å²) in [6.45, 7) is 3.54. The molecule has 0 spiro atoms. The van der Waals surface area contributed by atoms with Crippen LogP contribution < -0.4 is 10.9 Å². The van der Waals surface area contributed by atoms with Crippen molar-refractivity contribution in [3.8, 4) is 5.75 Å². The minimum absolute atomic E-state index is 0.0801. The molecule has 0 aliphatic heterocycles. The highest BCUT2D eigenvalue weighted by molar-refractivity contribution is 6.00. The predicted octanol–water partition coefficient (Wildman–Crippen LogP) is 1.48. The van der Waals surface area contributed by atoms with Crippen LogP contribution in [0.1, 0.15) is 32.1 Å². The van der Waals surface area contributed by atoms with Crippen LogP contribution in [-0.4, -0.2) is 21.9 Å². The standard InChI is InChI=1S/C15H15N3O3/c1-9-7-8-11(10(2)16-9)14(20)17-18-15(21)12-5-3-4-6-13(12)19/h3-8,19H,1-2H3,(H,17,20)(H,18,21). The van der Waals surface area contributed by atoms with Crippen molar-refractivity contribution >= 4 is 11.8 Å². The summed E-state index contributed by atoms with van der Waals surface area (Å²) in [4.78, 5) is 28.0. The van der Waals surface area contributed by atoms with E-state index in [0.717, 1.165) is 5.69 Å². The molecule has 1 aromatic carbocycles. The van der Waals surface area contributed by atoms with E-state index in [1.165, 1.54) is 12.1 Å². The van der Waals surface area contributed by atoms with Gasteiger partial charge in [0.1, 0.15) is 5.75 Å². The molecule has 0 aliphatic rings. The number of amides is 2. The van der Waals surface area contributed by atoms with Crippen LogP contribution in [0.2, 0.25) is 0 Å². The van der Waals surface area contributed by atoms with Crippen LogP contribution in [0, 0.1) is 13.8 Å². The van der Waals surface area contributed by atoms with Gasteiger partial charge in [-0.05, 0) is 38.1 Å². The number of hydrogen-bond acceptors (Lipinski definition) is 4. The fraction of sp³-hybridized carbons (Fsp3) is 0.133. The second-order valence-electron chi connectivity index (χ2n) is 4.51. The van der Waals surface area contributed by atoms with Crippen LogP contribution in [0.5, 0.6) is 5.75 Å². The van der Waals surface area contributed by atoms with Crippen molar-refractivity contribution in [2.45, 2.75) is 13.8 Å². The average molecular weight is 285 g/mol. The predicted molar refractivity (Wildman–Crippen MR) is 76.8 cm³/mol. The molecule has 0 radical (unpaired) electrons. The number of nitrogens with zero attached hydrogens (tertiary/aromatic N) is 1. The molecule has 6 nitrogen and oxygen atoms in total. The summed E-state index contributed by atoms with van der Waals surface area (Å²) in [5.74, 6) is -1.22. The van der Waals surface area contributed by atoms with Gasteiger partial charge in [0, 0.05) is 5.69 Å². The number of phenols is 1. The van der Waals surface area contributed by atoms with Gasteiger partial charge >= 0.3 is 0 Å². The number of nitrogens with one attached hydrogen (secondary N) is 2. The number of carbonyl (C=O) groups is 2. The number of carbonyl (C=O) groups excluding carboxylic acids is 2. The molecule has 0 bridgehead atoms. The smallest absolute Gasteiger partial charge is 0.273 e. The Morgan fingerprint density at radius 3 is 2.19 bits per heavy atom. The zero-order valence-corrected chi connectivity index (χ0v) is 11.7. The molecule has 2 aromatic rings. The third-order valence-corrected chi connectivity index (χ3v) is 2.91. The third kappa shape index (κ3) is 3.36. The molecule has 6 heteroatoms. The molecular formula is C15H15N3O3. The van der Waals surface area contributed by atoms with Crippen LogP contribution in [0.4, 0.5) is 0 Å². The van der Waals surface area contributed by atoms with Crippen molar-refractivity contribution in [2.75, 3.05) is 0 Å². The summed E-state index contributed by atoms with van der Waals surface area (Å²) in [5.41, 5.74) is 6.38. The van der Waals surface area contributed by atoms with E-state index >= 15 is 0 Å². The van der Waals surface area contributed by atoms with Crippen molar-refractivity contribution < 1.29 is 14.7 Å². The Balaban J connectivity index is 2.04. The van der Waals surface area contributed by atoms with Crippen LogP contribution in [0.3, 0.4) is 0 Å². The number of hydrogen-bond donors (Lipinski definition) is 3. The summed E-state index contributed by atoms with van der Waals surface area (Å²) in [6, 6.07) is 9.42. The van der Waals surface area contributed by atoms with E-state index in [4.69, 9.17) is 0 Å². The van der Waals surface area contributed by atoms with Gasteiger partial charge in [-0.1, -0.05) is 12.1 Å². The monoisotopic (exact) mass is 285 g/mol. The highest BCUT2D eigenvalue weighted by Gasteiger charge is 2.13. The molecule has 21 heavy (non-hydrogen) atoms. The highest BCUT2D eigenvalue weighted by atomic mass is 16.3. The molecule has 1 aromatic heterocycles. The van der Waals surface area contributed by atoms with Gasteiger partial charge in [0.15, 0.2) is 0 Å². The molecule has 2 rings (SSSR count). The fourth-order valence-corrected chi connectivity index (χ4v) is 1.84. The zero-order valence-electron chi connectivity index (χ0n) is 11.7. The van der Waals surface area contributed by atoms with E-state index in [0.29, 0.717) is 11.3 Å². The summed E-state index contributed by atoms with van der Waals surface area (Å²) in [6.07, 6.45) is 0. The van der Waals surface area contributed by atoms with Crippen LogP contribution >= 0.6 is 0 Å². The van der Waals surface area contributed by atoms with Crippen LogP contribution in [-0.2, 0) is 0 Å². The summed E-state index contributed by atoms with van der Waals surface area (Å²) in [7, 11) is 0. The van der Waals surface area contributed by atoms with Crippen LogP contribution in [0.25, 0.3) is 0 Å². The quantitative estimate of drug-likeness (QED) is 0.729. The summed E-state index contributed by atoms with van der Waals surface area (Å²) in [5, 5.41) is 9.55. The molecule has 0 saturated carbocycles. The van der Waals surface area contributed by atoms with Crippen molar-refractivity contribution in [3.05, 3.63) is 58.9 Å². The average Bonchev–Trinajstić information content (AvgIpc) is 2.45. The Labute approximate surface area is 121 Å². The lowest BCUT2D eigenvalue weighted by Gasteiger charge is -2.09. The molecule has 3 N–H and O–H groups in total. The molecule has 2 amide bonds.